The van der Waals surface area contributed by atoms with Crippen molar-refractivity contribution in [2.75, 3.05) is 19.0 Å². The van der Waals surface area contributed by atoms with Gasteiger partial charge in [-0.1, -0.05) is 17.7 Å². The molecule has 178 valence electrons. The van der Waals surface area contributed by atoms with Gasteiger partial charge in [-0.3, -0.25) is 9.59 Å². The average Bonchev–Trinajstić information content (AvgIpc) is 2.80. The van der Waals surface area contributed by atoms with Crippen LogP contribution in [0.3, 0.4) is 0 Å². The van der Waals surface area contributed by atoms with E-state index in [9.17, 15) is 18.0 Å². The second-order valence-electron chi connectivity index (χ2n) is 7.73. The second-order valence-corrected chi connectivity index (χ2v) is 9.77. The Balaban J connectivity index is 1.84. The summed E-state index contributed by atoms with van der Waals surface area (Å²) >= 11 is 0. The van der Waals surface area contributed by atoms with Crippen LogP contribution in [0.2, 0.25) is 0 Å². The number of hydrogen-bond donors (Lipinski definition) is 2. The number of nitrogens with zero attached hydrogens (tertiary/aromatic N) is 1. The lowest BCUT2D eigenvalue weighted by atomic mass is 10.1. The van der Waals surface area contributed by atoms with E-state index < -0.39 is 15.9 Å². The van der Waals surface area contributed by atoms with Crippen molar-refractivity contribution < 1.29 is 22.7 Å². The third kappa shape index (κ3) is 5.81. The summed E-state index contributed by atoms with van der Waals surface area (Å²) in [5, 5.41) is 2.75. The molecule has 0 aliphatic heterocycles. The van der Waals surface area contributed by atoms with Crippen molar-refractivity contribution in [3.8, 4) is 5.75 Å². The first-order valence-electron chi connectivity index (χ1n) is 10.6. The number of primary amides is 1. The zero-order chi connectivity index (χ0) is 24.9. The number of nitrogens with two attached hydrogens (primary N) is 1. The summed E-state index contributed by atoms with van der Waals surface area (Å²) in [5.41, 5.74) is 7.91. The van der Waals surface area contributed by atoms with Crippen molar-refractivity contribution in [2.45, 2.75) is 25.3 Å². The van der Waals surface area contributed by atoms with Crippen LogP contribution < -0.4 is 15.8 Å². The van der Waals surface area contributed by atoms with Crippen LogP contribution in [0.15, 0.2) is 71.6 Å². The number of nitrogens with one attached hydrogen (secondary N) is 1. The van der Waals surface area contributed by atoms with Gasteiger partial charge in [0.2, 0.25) is 15.9 Å². The first kappa shape index (κ1) is 24.9. The summed E-state index contributed by atoms with van der Waals surface area (Å²) in [4.78, 5) is 24.2. The van der Waals surface area contributed by atoms with Crippen LogP contribution >= 0.6 is 0 Å². The molecule has 3 aromatic carbocycles. The van der Waals surface area contributed by atoms with Gasteiger partial charge in [0.25, 0.3) is 5.91 Å². The molecule has 0 aromatic heterocycles. The molecule has 3 rings (SSSR count). The number of hydrogen-bond acceptors (Lipinski definition) is 5. The molecule has 0 spiro atoms. The third-order valence-corrected chi connectivity index (χ3v) is 6.99. The first-order chi connectivity index (χ1) is 16.1. The average molecular weight is 482 g/mol. The van der Waals surface area contributed by atoms with E-state index in [0.29, 0.717) is 34.7 Å². The lowest BCUT2D eigenvalue weighted by Gasteiger charge is -2.20. The Morgan fingerprint density at radius 2 is 1.59 bits per heavy atom. The highest BCUT2D eigenvalue weighted by molar-refractivity contribution is 7.89. The summed E-state index contributed by atoms with van der Waals surface area (Å²) in [6, 6.07) is 17.7. The maximum absolute atomic E-state index is 13.0. The van der Waals surface area contributed by atoms with Gasteiger partial charge in [-0.25, -0.2) is 8.42 Å². The Morgan fingerprint density at radius 3 is 2.18 bits per heavy atom. The van der Waals surface area contributed by atoms with Gasteiger partial charge in [0.1, 0.15) is 5.75 Å². The van der Waals surface area contributed by atoms with Crippen LogP contribution in [0.5, 0.6) is 5.75 Å². The highest BCUT2D eigenvalue weighted by Gasteiger charge is 2.23. The molecular weight excluding hydrogens is 454 g/mol. The van der Waals surface area contributed by atoms with Crippen LogP contribution in [0.4, 0.5) is 5.69 Å². The van der Waals surface area contributed by atoms with Gasteiger partial charge < -0.3 is 15.8 Å². The Bertz CT molecular complexity index is 1290. The van der Waals surface area contributed by atoms with E-state index in [1.807, 2.05) is 13.8 Å². The molecule has 34 heavy (non-hydrogen) atoms. The van der Waals surface area contributed by atoms with Crippen molar-refractivity contribution >= 4 is 27.5 Å². The molecule has 9 heteroatoms. The molecule has 0 bridgehead atoms. The molecule has 2 amide bonds. The Morgan fingerprint density at radius 1 is 0.971 bits per heavy atom. The van der Waals surface area contributed by atoms with Crippen LogP contribution in [0.1, 0.15) is 38.8 Å². The summed E-state index contributed by atoms with van der Waals surface area (Å²) in [6.45, 7) is 4.11. The van der Waals surface area contributed by atoms with Crippen molar-refractivity contribution in [1.29, 1.82) is 0 Å². The molecule has 3 N–H and O–H groups in total. The molecule has 0 saturated heterocycles. The molecule has 0 atom stereocenters. The maximum Gasteiger partial charge on any atom is 0.255 e. The molecule has 8 nitrogen and oxygen atoms in total. The monoisotopic (exact) mass is 481 g/mol. The van der Waals surface area contributed by atoms with Crippen LogP contribution in [-0.4, -0.2) is 38.2 Å². The fourth-order valence-corrected chi connectivity index (χ4v) is 4.43. The van der Waals surface area contributed by atoms with E-state index in [4.69, 9.17) is 10.5 Å². The lowest BCUT2D eigenvalue weighted by molar-refractivity contribution is 0.0998. The minimum absolute atomic E-state index is 0.0139. The van der Waals surface area contributed by atoms with E-state index in [1.54, 1.807) is 54.6 Å². The van der Waals surface area contributed by atoms with Gasteiger partial charge in [0.05, 0.1) is 11.5 Å². The fraction of sp³-hybridized carbons (Fsp3) is 0.200. The second kappa shape index (κ2) is 10.5. The Hall–Kier alpha value is -3.69. The minimum Gasteiger partial charge on any atom is -0.494 e. The van der Waals surface area contributed by atoms with E-state index in [0.717, 1.165) is 5.56 Å². The lowest BCUT2D eigenvalue weighted by Crippen LogP contribution is -2.27. The van der Waals surface area contributed by atoms with E-state index in [2.05, 4.69) is 5.32 Å². The van der Waals surface area contributed by atoms with Gasteiger partial charge >= 0.3 is 0 Å². The third-order valence-electron chi connectivity index (χ3n) is 5.17. The molecule has 0 aliphatic carbocycles. The number of carbonyl (C=O) groups is 2. The summed E-state index contributed by atoms with van der Waals surface area (Å²) in [5.74, 6) is -0.449. The minimum atomic E-state index is -3.74. The predicted octanol–water partition coefficient (Wildman–Crippen LogP) is 3.57. The Labute approximate surface area is 199 Å². The number of ether oxygens (including phenoxy) is 1. The number of rotatable bonds is 9. The van der Waals surface area contributed by atoms with Gasteiger partial charge in [0.15, 0.2) is 0 Å². The molecule has 0 fully saturated rings. The number of benzene rings is 3. The van der Waals surface area contributed by atoms with Gasteiger partial charge in [-0.2, -0.15) is 4.31 Å². The zero-order valence-corrected chi connectivity index (χ0v) is 20.1. The maximum atomic E-state index is 13.0. The van der Waals surface area contributed by atoms with Crippen LogP contribution in [-0.2, 0) is 16.6 Å². The number of sulfonamides is 1. The van der Waals surface area contributed by atoms with Crippen molar-refractivity contribution in [3.05, 3.63) is 89.0 Å². The van der Waals surface area contributed by atoms with Gasteiger partial charge in [-0.05, 0) is 68.4 Å². The smallest absolute Gasteiger partial charge is 0.255 e. The normalized spacial score (nSPS) is 11.3. The largest absolute Gasteiger partial charge is 0.494 e. The zero-order valence-electron chi connectivity index (χ0n) is 19.2. The summed E-state index contributed by atoms with van der Waals surface area (Å²) in [6.07, 6.45) is 0. The molecule has 0 heterocycles. The van der Waals surface area contributed by atoms with Gasteiger partial charge in [-0.15, -0.1) is 0 Å². The predicted molar refractivity (Wildman–Crippen MR) is 130 cm³/mol. The molecule has 0 aliphatic rings. The van der Waals surface area contributed by atoms with Crippen molar-refractivity contribution in [1.82, 2.24) is 4.31 Å². The quantitative estimate of drug-likeness (QED) is 0.484. The Kier molecular flexibility index (Phi) is 7.70. The van der Waals surface area contributed by atoms with Crippen LogP contribution in [0.25, 0.3) is 0 Å². The highest BCUT2D eigenvalue weighted by atomic mass is 32.2. The summed E-state index contributed by atoms with van der Waals surface area (Å²) < 4.78 is 32.9. The molecule has 0 radical (unpaired) electrons. The highest BCUT2D eigenvalue weighted by Crippen LogP contribution is 2.25. The molecule has 0 saturated carbocycles. The standard InChI is InChI=1S/C25H27N3O5S/c1-4-33-23-14-9-19(25(30)27-21-10-7-18(8-11-21)24(26)29)15-20(23)16-28(3)34(31,32)22-12-5-17(2)6-13-22/h5-15H,4,16H2,1-3H3,(H2,26,29)(H,27,30). The van der Waals surface area contributed by atoms with Crippen LogP contribution in [0, 0.1) is 6.92 Å². The summed E-state index contributed by atoms with van der Waals surface area (Å²) in [7, 11) is -2.25. The number of amides is 2. The number of carbonyl (C=O) groups excluding carboxylic acids is 2. The van der Waals surface area contributed by atoms with Crippen molar-refractivity contribution in [3.63, 3.8) is 0 Å². The van der Waals surface area contributed by atoms with Gasteiger partial charge in [0, 0.05) is 36.0 Å². The molecule has 0 unspecified atom stereocenters. The van der Waals surface area contributed by atoms with E-state index in [1.165, 1.54) is 23.5 Å². The molecular formula is C25H27N3O5S. The van der Waals surface area contributed by atoms with E-state index >= 15 is 0 Å². The number of anilines is 1. The molecule has 3 aromatic rings. The SMILES string of the molecule is CCOc1ccc(C(=O)Nc2ccc(C(N)=O)cc2)cc1CN(C)S(=O)(=O)c1ccc(C)cc1. The van der Waals surface area contributed by atoms with Crippen molar-refractivity contribution in [2.24, 2.45) is 5.73 Å². The fourth-order valence-electron chi connectivity index (χ4n) is 3.28. The first-order valence-corrected chi connectivity index (χ1v) is 12.1. The topological polar surface area (TPSA) is 119 Å². The number of aryl methyl sites for hydroxylation is 1. The van der Waals surface area contributed by atoms with E-state index in [-0.39, 0.29) is 17.3 Å².